The largest absolute Gasteiger partial charge is 1.00 e. The van der Waals surface area contributed by atoms with E-state index < -0.39 is 5.97 Å². The third-order valence-corrected chi connectivity index (χ3v) is 5.05. The normalized spacial score (nSPS) is 11.4. The first-order valence-electron chi connectivity index (χ1n) is 11.0. The van der Waals surface area contributed by atoms with E-state index >= 15 is 0 Å². The van der Waals surface area contributed by atoms with Gasteiger partial charge in [-0.15, -0.1) is 11.6 Å². The van der Waals surface area contributed by atoms with Crippen molar-refractivity contribution in [2.24, 2.45) is 4.99 Å². The van der Waals surface area contributed by atoms with Gasteiger partial charge in [0.05, 0.1) is 0 Å². The van der Waals surface area contributed by atoms with Gasteiger partial charge >= 0.3 is 51.4 Å². The first-order valence-corrected chi connectivity index (χ1v) is 11.0. The molecule has 0 saturated carbocycles. The SMILES string of the molecule is CC(=O)O.CC(C)(C)c1cc(C=Nc2[c-]ccc(-c3ccccc3)c2)c(O)c(C(C)(C)C)c1.[K+]. The summed E-state index contributed by atoms with van der Waals surface area (Å²) in [6.07, 6.45) is 1.75. The number of carboxylic acids is 1. The van der Waals surface area contributed by atoms with Gasteiger partial charge in [0.15, 0.2) is 0 Å². The number of hydrogen-bond acceptors (Lipinski definition) is 3. The number of benzene rings is 3. The Morgan fingerprint density at radius 1 is 0.912 bits per heavy atom. The molecule has 4 nitrogen and oxygen atoms in total. The zero-order chi connectivity index (χ0) is 24.8. The summed E-state index contributed by atoms with van der Waals surface area (Å²) in [5, 5.41) is 18.3. The van der Waals surface area contributed by atoms with Crippen LogP contribution in [-0.4, -0.2) is 22.4 Å². The van der Waals surface area contributed by atoms with E-state index in [0.29, 0.717) is 5.75 Å². The molecule has 0 aliphatic heterocycles. The Kier molecular flexibility index (Phi) is 11.4. The minimum atomic E-state index is -0.833. The Balaban J connectivity index is 0.00000107. The van der Waals surface area contributed by atoms with E-state index in [1.165, 1.54) is 5.56 Å². The molecule has 0 aromatic heterocycles. The summed E-state index contributed by atoms with van der Waals surface area (Å²) in [4.78, 5) is 13.6. The van der Waals surface area contributed by atoms with Crippen molar-refractivity contribution in [3.05, 3.63) is 83.4 Å². The molecule has 0 saturated heterocycles. The van der Waals surface area contributed by atoms with Gasteiger partial charge in [0.25, 0.3) is 5.97 Å². The average molecular weight is 484 g/mol. The standard InChI is InChI=1S/C27H30NO.C2H4O2.K/c1-26(2,3)22-15-21(25(29)24(17-22)27(4,5)6)18-28-23-14-10-13-20(16-23)19-11-8-7-9-12-19;1-2(3)4;/h7-13,15-18,29H,1-6H3;1H3,(H,3,4);/q-1;;+1. The second-order valence-corrected chi connectivity index (χ2v) is 10.1. The second kappa shape index (κ2) is 12.8. The average Bonchev–Trinajstić information content (AvgIpc) is 2.72. The predicted octanol–water partition coefficient (Wildman–Crippen LogP) is 4.30. The minimum Gasteiger partial charge on any atom is -0.507 e. The number of rotatable bonds is 3. The zero-order valence-electron chi connectivity index (χ0n) is 21.6. The third kappa shape index (κ3) is 9.12. The molecule has 0 fully saturated rings. The molecule has 0 heterocycles. The first-order chi connectivity index (χ1) is 15.3. The molecule has 0 atom stereocenters. The fraction of sp³-hybridized carbons (Fsp3) is 0.310. The number of carboxylic acid groups (broad SMARTS) is 1. The number of hydrogen-bond donors (Lipinski definition) is 2. The summed E-state index contributed by atoms with van der Waals surface area (Å²) in [5.74, 6) is -0.534. The summed E-state index contributed by atoms with van der Waals surface area (Å²) in [7, 11) is 0. The quantitative estimate of drug-likeness (QED) is 0.332. The van der Waals surface area contributed by atoms with Gasteiger partial charge in [0.2, 0.25) is 0 Å². The van der Waals surface area contributed by atoms with E-state index in [0.717, 1.165) is 34.9 Å². The van der Waals surface area contributed by atoms with Crippen LogP contribution in [0.3, 0.4) is 0 Å². The maximum absolute atomic E-state index is 10.9. The van der Waals surface area contributed by atoms with Crippen LogP contribution in [0.5, 0.6) is 5.75 Å². The molecule has 0 amide bonds. The fourth-order valence-corrected chi connectivity index (χ4v) is 3.24. The minimum absolute atomic E-state index is 0. The Labute approximate surface area is 246 Å². The van der Waals surface area contributed by atoms with Crippen LogP contribution in [0.25, 0.3) is 11.1 Å². The van der Waals surface area contributed by atoms with Crippen molar-refractivity contribution in [2.75, 3.05) is 0 Å². The maximum Gasteiger partial charge on any atom is 1.00 e. The Morgan fingerprint density at radius 3 is 2.03 bits per heavy atom. The van der Waals surface area contributed by atoms with Crippen molar-refractivity contribution in [1.29, 1.82) is 0 Å². The Hall–Kier alpha value is -1.76. The number of aliphatic carboxylic acids is 1. The number of phenolic OH excluding ortho intramolecular Hbond substituents is 1. The first kappa shape index (κ1) is 30.3. The molecule has 34 heavy (non-hydrogen) atoms. The molecule has 0 aliphatic carbocycles. The molecule has 0 radical (unpaired) electrons. The second-order valence-electron chi connectivity index (χ2n) is 10.1. The van der Waals surface area contributed by atoms with Crippen LogP contribution < -0.4 is 51.4 Å². The Morgan fingerprint density at radius 2 is 1.50 bits per heavy atom. The summed E-state index contributed by atoms with van der Waals surface area (Å²) in [6, 6.07) is 23.5. The molecule has 0 aliphatic rings. The van der Waals surface area contributed by atoms with Crippen LogP contribution in [0.2, 0.25) is 0 Å². The number of carbonyl (C=O) groups is 1. The molecule has 174 valence electrons. The monoisotopic (exact) mass is 483 g/mol. The smallest absolute Gasteiger partial charge is 0.507 e. The third-order valence-electron chi connectivity index (χ3n) is 5.05. The summed E-state index contributed by atoms with van der Waals surface area (Å²) < 4.78 is 0. The van der Waals surface area contributed by atoms with Crippen molar-refractivity contribution < 1.29 is 66.4 Å². The predicted molar refractivity (Wildman–Crippen MR) is 137 cm³/mol. The van der Waals surface area contributed by atoms with Gasteiger partial charge in [0.1, 0.15) is 5.75 Å². The molecule has 0 spiro atoms. The number of phenols is 1. The Bertz CT molecular complexity index is 1120. The molecule has 2 N–H and O–H groups in total. The van der Waals surface area contributed by atoms with Gasteiger partial charge in [-0.25, -0.2) is 0 Å². The van der Waals surface area contributed by atoms with Gasteiger partial charge in [-0.05, 0) is 33.7 Å². The van der Waals surface area contributed by atoms with Crippen LogP contribution in [0.15, 0.2) is 65.7 Å². The molecule has 3 aromatic carbocycles. The zero-order valence-corrected chi connectivity index (χ0v) is 24.7. The van der Waals surface area contributed by atoms with Crippen LogP contribution in [0, 0.1) is 6.07 Å². The van der Waals surface area contributed by atoms with Crippen molar-refractivity contribution in [3.63, 3.8) is 0 Å². The number of aromatic hydroxyl groups is 1. The topological polar surface area (TPSA) is 69.9 Å². The van der Waals surface area contributed by atoms with Gasteiger partial charge in [-0.3, -0.25) is 9.79 Å². The van der Waals surface area contributed by atoms with E-state index in [-0.39, 0.29) is 62.2 Å². The van der Waals surface area contributed by atoms with Crippen molar-refractivity contribution in [2.45, 2.75) is 59.3 Å². The summed E-state index contributed by atoms with van der Waals surface area (Å²) in [5.41, 5.74) is 5.66. The van der Waals surface area contributed by atoms with E-state index in [1.54, 1.807) is 6.21 Å². The van der Waals surface area contributed by atoms with Gasteiger partial charge in [-0.2, -0.15) is 18.2 Å². The van der Waals surface area contributed by atoms with E-state index in [4.69, 9.17) is 9.90 Å². The molecule has 0 unspecified atom stereocenters. The van der Waals surface area contributed by atoms with Crippen LogP contribution in [0.4, 0.5) is 5.69 Å². The number of nitrogens with zero attached hydrogens (tertiary/aromatic N) is 1. The van der Waals surface area contributed by atoms with Crippen LogP contribution in [-0.2, 0) is 15.6 Å². The van der Waals surface area contributed by atoms with Crippen molar-refractivity contribution in [1.82, 2.24) is 0 Å². The molecule has 0 bridgehead atoms. The number of aliphatic imine (C=N–C) groups is 1. The van der Waals surface area contributed by atoms with Gasteiger partial charge < -0.3 is 10.2 Å². The van der Waals surface area contributed by atoms with Gasteiger partial charge in [0, 0.05) is 24.3 Å². The van der Waals surface area contributed by atoms with E-state index in [2.05, 4.69) is 70.8 Å². The van der Waals surface area contributed by atoms with Crippen molar-refractivity contribution >= 4 is 17.9 Å². The molecular formula is C29H34KNO3. The molecule has 5 heteroatoms. The summed E-state index contributed by atoms with van der Waals surface area (Å²) in [6.45, 7) is 14.0. The van der Waals surface area contributed by atoms with Crippen LogP contribution in [0.1, 0.15) is 65.2 Å². The molecule has 3 aromatic rings. The van der Waals surface area contributed by atoms with Crippen molar-refractivity contribution in [3.8, 4) is 16.9 Å². The van der Waals surface area contributed by atoms with Gasteiger partial charge in [-0.1, -0.05) is 77.9 Å². The van der Waals surface area contributed by atoms with Crippen LogP contribution >= 0.6 is 0 Å². The summed E-state index contributed by atoms with van der Waals surface area (Å²) >= 11 is 0. The maximum atomic E-state index is 10.9. The van der Waals surface area contributed by atoms with E-state index in [1.807, 2.05) is 42.5 Å². The van der Waals surface area contributed by atoms with E-state index in [9.17, 15) is 5.11 Å². The fourth-order valence-electron chi connectivity index (χ4n) is 3.24. The molecular weight excluding hydrogens is 449 g/mol. The molecule has 3 rings (SSSR count).